The second-order valence-electron chi connectivity index (χ2n) is 7.34. The topological polar surface area (TPSA) is 55.1 Å². The quantitative estimate of drug-likeness (QED) is 0.756. The fraction of sp³-hybridized carbons (Fsp3) is 0.421. The van der Waals surface area contributed by atoms with Crippen LogP contribution in [0.5, 0.6) is 0 Å². The lowest BCUT2D eigenvalue weighted by atomic mass is 9.96. The summed E-state index contributed by atoms with van der Waals surface area (Å²) >= 11 is 0. The first kappa shape index (κ1) is 14.0. The summed E-state index contributed by atoms with van der Waals surface area (Å²) in [7, 11) is 0. The SMILES string of the molecule is c1ccc(CC2(CNc3ccc4nnc(C5CC5)n4n3)CC2)cc1. The molecule has 1 aromatic carbocycles. The minimum absolute atomic E-state index is 0.393. The van der Waals surface area contributed by atoms with Gasteiger partial charge in [0.1, 0.15) is 5.82 Å². The van der Waals surface area contributed by atoms with Crippen molar-refractivity contribution < 1.29 is 0 Å². The van der Waals surface area contributed by atoms with E-state index in [4.69, 9.17) is 5.10 Å². The van der Waals surface area contributed by atoms with Crippen molar-refractivity contribution in [2.75, 3.05) is 11.9 Å². The lowest BCUT2D eigenvalue weighted by Crippen LogP contribution is -2.19. The van der Waals surface area contributed by atoms with Crippen molar-refractivity contribution in [2.45, 2.75) is 38.0 Å². The average molecular weight is 319 g/mol. The van der Waals surface area contributed by atoms with Crippen molar-refractivity contribution in [3.8, 4) is 0 Å². The summed E-state index contributed by atoms with van der Waals surface area (Å²) < 4.78 is 1.91. The van der Waals surface area contributed by atoms with Gasteiger partial charge in [-0.25, -0.2) is 0 Å². The Morgan fingerprint density at radius 3 is 2.62 bits per heavy atom. The molecule has 0 saturated heterocycles. The Labute approximate surface area is 141 Å². The Morgan fingerprint density at radius 1 is 1.04 bits per heavy atom. The normalized spacial score (nSPS) is 18.7. The molecule has 0 radical (unpaired) electrons. The van der Waals surface area contributed by atoms with Crippen molar-refractivity contribution in [1.29, 1.82) is 0 Å². The van der Waals surface area contributed by atoms with Gasteiger partial charge in [0.25, 0.3) is 0 Å². The molecule has 24 heavy (non-hydrogen) atoms. The van der Waals surface area contributed by atoms with Gasteiger partial charge >= 0.3 is 0 Å². The number of aromatic nitrogens is 4. The molecule has 3 aromatic rings. The van der Waals surface area contributed by atoms with Gasteiger partial charge in [-0.2, -0.15) is 4.52 Å². The van der Waals surface area contributed by atoms with Crippen molar-refractivity contribution in [3.05, 3.63) is 53.9 Å². The molecule has 0 atom stereocenters. The molecule has 2 saturated carbocycles. The molecule has 122 valence electrons. The van der Waals surface area contributed by atoms with Crippen LogP contribution in [0.1, 0.15) is 43.0 Å². The van der Waals surface area contributed by atoms with E-state index in [2.05, 4.69) is 45.8 Å². The first-order valence-electron chi connectivity index (χ1n) is 8.82. The number of hydrogen-bond acceptors (Lipinski definition) is 4. The van der Waals surface area contributed by atoms with E-state index in [1.165, 1.54) is 31.2 Å². The van der Waals surface area contributed by atoms with E-state index in [0.717, 1.165) is 30.3 Å². The van der Waals surface area contributed by atoms with Gasteiger partial charge in [-0.1, -0.05) is 30.3 Å². The van der Waals surface area contributed by atoms with Gasteiger partial charge in [0.2, 0.25) is 0 Å². The van der Waals surface area contributed by atoms with Crippen LogP contribution in [0.2, 0.25) is 0 Å². The van der Waals surface area contributed by atoms with Gasteiger partial charge in [0, 0.05) is 12.5 Å². The molecule has 0 bridgehead atoms. The zero-order valence-electron chi connectivity index (χ0n) is 13.7. The number of nitrogens with zero attached hydrogens (tertiary/aromatic N) is 4. The average Bonchev–Trinajstić information content (AvgIpc) is 3.54. The number of rotatable bonds is 6. The molecule has 5 rings (SSSR count). The molecule has 2 aromatic heterocycles. The maximum Gasteiger partial charge on any atom is 0.178 e. The first-order valence-corrected chi connectivity index (χ1v) is 8.82. The number of benzene rings is 1. The highest BCUT2D eigenvalue weighted by molar-refractivity contribution is 5.45. The van der Waals surface area contributed by atoms with Gasteiger partial charge in [0.15, 0.2) is 11.5 Å². The predicted octanol–water partition coefficient (Wildman–Crippen LogP) is 3.44. The third-order valence-corrected chi connectivity index (χ3v) is 5.25. The maximum atomic E-state index is 4.71. The van der Waals surface area contributed by atoms with Crippen LogP contribution in [-0.4, -0.2) is 26.4 Å². The zero-order valence-corrected chi connectivity index (χ0v) is 13.7. The zero-order chi connectivity index (χ0) is 16.0. The van der Waals surface area contributed by atoms with E-state index >= 15 is 0 Å². The lowest BCUT2D eigenvalue weighted by Gasteiger charge is -2.16. The number of fused-ring (bicyclic) bond motifs is 1. The lowest BCUT2D eigenvalue weighted by molar-refractivity contribution is 0.537. The van der Waals surface area contributed by atoms with E-state index in [1.807, 2.05) is 16.6 Å². The summed E-state index contributed by atoms with van der Waals surface area (Å²) in [5.74, 6) is 2.48. The Hall–Kier alpha value is -2.43. The summed E-state index contributed by atoms with van der Waals surface area (Å²) in [6, 6.07) is 14.8. The summed E-state index contributed by atoms with van der Waals surface area (Å²) in [6.07, 6.45) is 6.14. The first-order chi connectivity index (χ1) is 11.8. The smallest absolute Gasteiger partial charge is 0.178 e. The van der Waals surface area contributed by atoms with Gasteiger partial charge in [-0.05, 0) is 55.2 Å². The molecule has 5 nitrogen and oxygen atoms in total. The second-order valence-corrected chi connectivity index (χ2v) is 7.34. The third kappa shape index (κ3) is 2.64. The molecule has 1 N–H and O–H groups in total. The molecule has 0 aliphatic heterocycles. The molecule has 0 unspecified atom stereocenters. The van der Waals surface area contributed by atoms with Crippen molar-refractivity contribution in [3.63, 3.8) is 0 Å². The predicted molar refractivity (Wildman–Crippen MR) is 93.1 cm³/mol. The Kier molecular flexibility index (Phi) is 3.08. The molecule has 2 aliphatic carbocycles. The van der Waals surface area contributed by atoms with Crippen molar-refractivity contribution in [1.82, 2.24) is 19.8 Å². The van der Waals surface area contributed by atoms with Crippen LogP contribution in [0, 0.1) is 5.41 Å². The second kappa shape index (κ2) is 5.30. The Morgan fingerprint density at radius 2 is 1.88 bits per heavy atom. The van der Waals surface area contributed by atoms with Crippen LogP contribution < -0.4 is 5.32 Å². The summed E-state index contributed by atoms with van der Waals surface area (Å²) in [5, 5.41) is 16.8. The van der Waals surface area contributed by atoms with Crippen LogP contribution >= 0.6 is 0 Å². The monoisotopic (exact) mass is 319 g/mol. The van der Waals surface area contributed by atoms with Crippen LogP contribution in [-0.2, 0) is 6.42 Å². The Balaban J connectivity index is 1.31. The fourth-order valence-electron chi connectivity index (χ4n) is 3.40. The number of anilines is 1. The molecule has 5 heteroatoms. The van der Waals surface area contributed by atoms with E-state index in [-0.39, 0.29) is 0 Å². The minimum Gasteiger partial charge on any atom is -0.368 e. The summed E-state index contributed by atoms with van der Waals surface area (Å²) in [5.41, 5.74) is 2.66. The molecule has 2 aliphatic rings. The minimum atomic E-state index is 0.393. The van der Waals surface area contributed by atoms with Crippen LogP contribution in [0.25, 0.3) is 5.65 Å². The highest BCUT2D eigenvalue weighted by Crippen LogP contribution is 2.48. The largest absolute Gasteiger partial charge is 0.368 e. The number of nitrogens with one attached hydrogen (secondary N) is 1. The van der Waals surface area contributed by atoms with E-state index in [1.54, 1.807) is 0 Å². The molecular weight excluding hydrogens is 298 g/mol. The van der Waals surface area contributed by atoms with Crippen molar-refractivity contribution in [2.24, 2.45) is 5.41 Å². The van der Waals surface area contributed by atoms with Gasteiger partial charge < -0.3 is 5.32 Å². The number of hydrogen-bond donors (Lipinski definition) is 1. The van der Waals surface area contributed by atoms with Crippen molar-refractivity contribution >= 4 is 11.5 Å². The molecule has 0 amide bonds. The molecule has 0 spiro atoms. The van der Waals surface area contributed by atoms with Crippen LogP contribution in [0.4, 0.5) is 5.82 Å². The highest BCUT2D eigenvalue weighted by atomic mass is 15.4. The van der Waals surface area contributed by atoms with Gasteiger partial charge in [-0.15, -0.1) is 15.3 Å². The van der Waals surface area contributed by atoms with E-state index < -0.39 is 0 Å². The maximum absolute atomic E-state index is 4.71. The van der Waals surface area contributed by atoms with Crippen LogP contribution in [0.15, 0.2) is 42.5 Å². The molecule has 2 fully saturated rings. The fourth-order valence-corrected chi connectivity index (χ4v) is 3.40. The van der Waals surface area contributed by atoms with E-state index in [0.29, 0.717) is 11.3 Å². The van der Waals surface area contributed by atoms with Crippen LogP contribution in [0.3, 0.4) is 0 Å². The molecule has 2 heterocycles. The third-order valence-electron chi connectivity index (χ3n) is 5.25. The van der Waals surface area contributed by atoms with Gasteiger partial charge in [0.05, 0.1) is 0 Å². The Bertz CT molecular complexity index is 862. The molecular formula is C19H21N5. The van der Waals surface area contributed by atoms with Gasteiger partial charge in [-0.3, -0.25) is 0 Å². The van der Waals surface area contributed by atoms with E-state index in [9.17, 15) is 0 Å². The standard InChI is InChI=1S/C19H21N5/c1-2-4-14(5-3-1)12-19(10-11-19)13-20-16-8-9-17-21-22-18(15-6-7-15)24(17)23-16/h1-5,8-9,15H,6-7,10-13H2,(H,20,23). The highest BCUT2D eigenvalue weighted by Gasteiger charge is 2.42. The summed E-state index contributed by atoms with van der Waals surface area (Å²) in [6.45, 7) is 0.974. The summed E-state index contributed by atoms with van der Waals surface area (Å²) in [4.78, 5) is 0.